The normalized spacial score (nSPS) is 12.6. The fraction of sp³-hybridized carbons (Fsp3) is 0.452. The van der Waals surface area contributed by atoms with Gasteiger partial charge in [-0.2, -0.15) is 0 Å². The van der Waals surface area contributed by atoms with Gasteiger partial charge in [0.2, 0.25) is 24.1 Å². The van der Waals surface area contributed by atoms with Crippen LogP contribution in [0.5, 0.6) is 0 Å². The molecule has 3 aromatic carbocycles. The van der Waals surface area contributed by atoms with Crippen molar-refractivity contribution >= 4 is 45.7 Å². The monoisotopic (exact) mass is 744 g/mol. The van der Waals surface area contributed by atoms with E-state index in [0.29, 0.717) is 37.8 Å². The van der Waals surface area contributed by atoms with E-state index in [1.54, 1.807) is 18.3 Å². The van der Waals surface area contributed by atoms with Gasteiger partial charge < -0.3 is 27.8 Å². The summed E-state index contributed by atoms with van der Waals surface area (Å²) in [6.45, 7) is 6.73. The summed E-state index contributed by atoms with van der Waals surface area (Å²) in [7, 11) is 0. The standard InChI is InChI=1S/C19H26N2OS.C19H24N2O.C3H7NO.CH3NO/c1-3-14-8-9-16-17(12-14)23-19(21-16)11-10-18(22)20-13(2)15-6-4-5-7-15;20-15-9-3-8-14-18(22)21-19(16-10-4-1-5-11-16)17-12-6-2-7-13-17;1-2-3(4)5;2-1-3/h8-9,12-13,15H,3-7,10-11H2,1-2H3,(H,20,22);1-2,4-7,10-13,19H,3,8-9,14-15,20H2,(H,21,22);2H2,1H3,(H2,4,5);1H,(H2,2,3). The minimum Gasteiger partial charge on any atom is -0.372 e. The molecule has 0 radical (unpaired) electrons. The maximum absolute atomic E-state index is 12.2. The van der Waals surface area contributed by atoms with Crippen molar-refractivity contribution in [3.05, 3.63) is 101 Å². The van der Waals surface area contributed by atoms with Gasteiger partial charge in [-0.1, -0.05) is 99.8 Å². The Labute approximate surface area is 319 Å². The highest BCUT2D eigenvalue weighted by molar-refractivity contribution is 7.18. The Kier molecular flexibility index (Phi) is 22.0. The number of thiazole rings is 1. The highest BCUT2D eigenvalue weighted by Crippen LogP contribution is 2.28. The summed E-state index contributed by atoms with van der Waals surface area (Å²) < 4.78 is 1.24. The number of nitrogens with zero attached hydrogens (tertiary/aromatic N) is 1. The SMILES string of the molecule is CCC(N)=O.CCc1ccc2nc(CCC(=O)NC(C)C3CCCC3)sc2c1.NC=O.NCCCCCC(=O)NC(c1ccccc1)c1ccccc1. The van der Waals surface area contributed by atoms with E-state index in [1.807, 2.05) is 60.7 Å². The Morgan fingerprint density at radius 3 is 1.96 bits per heavy atom. The molecule has 0 spiro atoms. The van der Waals surface area contributed by atoms with Crippen LogP contribution in [0.15, 0.2) is 78.9 Å². The number of rotatable bonds is 15. The first-order valence-corrected chi connectivity index (χ1v) is 19.7. The number of carbonyl (C=O) groups is 4. The molecule has 1 heterocycles. The third-order valence-corrected chi connectivity index (χ3v) is 10.1. The Balaban J connectivity index is 0.000000306. The van der Waals surface area contributed by atoms with Gasteiger partial charge in [-0.3, -0.25) is 19.2 Å². The topological polar surface area (TPSA) is 183 Å². The molecule has 5 rings (SSSR count). The van der Waals surface area contributed by atoms with Crippen molar-refractivity contribution in [2.45, 2.75) is 110 Å². The zero-order chi connectivity index (χ0) is 38.8. The average Bonchev–Trinajstić information content (AvgIpc) is 3.87. The van der Waals surface area contributed by atoms with Crippen LogP contribution < -0.4 is 27.8 Å². The average molecular weight is 745 g/mol. The first kappa shape index (κ1) is 44.6. The number of nitrogens with two attached hydrogens (primary N) is 3. The minimum atomic E-state index is -0.245. The van der Waals surface area contributed by atoms with Crippen molar-refractivity contribution in [3.63, 3.8) is 0 Å². The molecule has 1 saturated carbocycles. The lowest BCUT2D eigenvalue weighted by atomic mass is 9.98. The number of amides is 4. The highest BCUT2D eigenvalue weighted by atomic mass is 32.1. The van der Waals surface area contributed by atoms with E-state index < -0.39 is 0 Å². The third kappa shape index (κ3) is 17.6. The predicted molar refractivity (Wildman–Crippen MR) is 217 cm³/mol. The molecule has 0 saturated heterocycles. The summed E-state index contributed by atoms with van der Waals surface area (Å²) in [4.78, 5) is 47.2. The zero-order valence-electron chi connectivity index (χ0n) is 31.7. The van der Waals surface area contributed by atoms with E-state index in [2.05, 4.69) is 59.1 Å². The molecule has 8 N–H and O–H groups in total. The van der Waals surface area contributed by atoms with Crippen LogP contribution in [0, 0.1) is 5.92 Å². The summed E-state index contributed by atoms with van der Waals surface area (Å²) >= 11 is 1.72. The molecular formula is C42H60N6O4S. The van der Waals surface area contributed by atoms with Crippen LogP contribution in [0.1, 0.15) is 113 Å². The maximum atomic E-state index is 12.2. The lowest BCUT2D eigenvalue weighted by Crippen LogP contribution is -2.37. The second-order valence-electron chi connectivity index (χ2n) is 13.0. The maximum Gasteiger partial charge on any atom is 0.220 e. The van der Waals surface area contributed by atoms with Crippen molar-refractivity contribution < 1.29 is 19.2 Å². The van der Waals surface area contributed by atoms with Crippen molar-refractivity contribution in [3.8, 4) is 0 Å². The Hall–Kier alpha value is -4.61. The highest BCUT2D eigenvalue weighted by Gasteiger charge is 2.22. The van der Waals surface area contributed by atoms with Crippen molar-refractivity contribution in [2.75, 3.05) is 6.54 Å². The lowest BCUT2D eigenvalue weighted by molar-refractivity contribution is -0.122. The fourth-order valence-corrected chi connectivity index (χ4v) is 6.99. The molecule has 1 atom stereocenters. The predicted octanol–water partition coefficient (Wildman–Crippen LogP) is 6.88. The van der Waals surface area contributed by atoms with E-state index in [0.717, 1.165) is 53.8 Å². The number of carbonyl (C=O) groups excluding carboxylic acids is 4. The molecule has 4 amide bonds. The molecule has 1 aliphatic carbocycles. The zero-order valence-corrected chi connectivity index (χ0v) is 32.5. The van der Waals surface area contributed by atoms with Crippen LogP contribution >= 0.6 is 11.3 Å². The number of aromatic nitrogens is 1. The van der Waals surface area contributed by atoms with Crippen LogP contribution in [0.3, 0.4) is 0 Å². The molecule has 4 aromatic rings. The largest absolute Gasteiger partial charge is 0.372 e. The van der Waals surface area contributed by atoms with Crippen LogP contribution in [-0.4, -0.2) is 41.7 Å². The first-order chi connectivity index (χ1) is 25.6. The van der Waals surface area contributed by atoms with Gasteiger partial charge in [-0.05, 0) is 80.3 Å². The van der Waals surface area contributed by atoms with Gasteiger partial charge in [0, 0.05) is 31.7 Å². The van der Waals surface area contributed by atoms with E-state index in [1.165, 1.54) is 35.9 Å². The number of aryl methyl sites for hydroxylation is 2. The van der Waals surface area contributed by atoms with Crippen LogP contribution in [0.4, 0.5) is 0 Å². The number of fused-ring (bicyclic) bond motifs is 1. The molecule has 1 unspecified atom stereocenters. The molecule has 1 aromatic heterocycles. The second kappa shape index (κ2) is 26.2. The van der Waals surface area contributed by atoms with Crippen molar-refractivity contribution in [2.24, 2.45) is 23.1 Å². The summed E-state index contributed by atoms with van der Waals surface area (Å²) in [6, 6.07) is 26.8. The summed E-state index contributed by atoms with van der Waals surface area (Å²) in [5.74, 6) is 0.687. The lowest BCUT2D eigenvalue weighted by Gasteiger charge is -2.20. The summed E-state index contributed by atoms with van der Waals surface area (Å²) in [5.41, 5.74) is 18.9. The van der Waals surface area contributed by atoms with Gasteiger partial charge in [-0.25, -0.2) is 4.98 Å². The molecule has 1 aliphatic rings. The van der Waals surface area contributed by atoms with E-state index in [9.17, 15) is 14.4 Å². The van der Waals surface area contributed by atoms with Crippen molar-refractivity contribution in [1.82, 2.24) is 15.6 Å². The van der Waals surface area contributed by atoms with Crippen LogP contribution in [0.2, 0.25) is 0 Å². The number of benzene rings is 3. The molecule has 10 nitrogen and oxygen atoms in total. The van der Waals surface area contributed by atoms with Gasteiger partial charge in [0.15, 0.2) is 0 Å². The quantitative estimate of drug-likeness (QED) is 0.0653. The van der Waals surface area contributed by atoms with Crippen LogP contribution in [0.25, 0.3) is 10.2 Å². The van der Waals surface area contributed by atoms with Gasteiger partial charge in [-0.15, -0.1) is 11.3 Å². The van der Waals surface area contributed by atoms with E-state index >= 15 is 0 Å². The van der Waals surface area contributed by atoms with Crippen LogP contribution in [-0.2, 0) is 32.0 Å². The van der Waals surface area contributed by atoms with Gasteiger partial charge >= 0.3 is 0 Å². The van der Waals surface area contributed by atoms with Gasteiger partial charge in [0.25, 0.3) is 0 Å². The Bertz CT molecular complexity index is 1590. The van der Waals surface area contributed by atoms with E-state index in [-0.39, 0.29) is 30.2 Å². The number of hydrogen-bond acceptors (Lipinski definition) is 7. The third-order valence-electron chi connectivity index (χ3n) is 8.99. The molecule has 288 valence electrons. The number of nitrogens with one attached hydrogen (secondary N) is 2. The smallest absolute Gasteiger partial charge is 0.220 e. The first-order valence-electron chi connectivity index (χ1n) is 18.9. The number of unbranched alkanes of at least 4 members (excludes halogenated alkanes) is 2. The Morgan fingerprint density at radius 2 is 1.43 bits per heavy atom. The number of primary amides is 2. The second-order valence-corrected chi connectivity index (χ2v) is 14.2. The minimum absolute atomic E-state index is 0.0923. The molecule has 0 aliphatic heterocycles. The molecule has 11 heteroatoms. The molecule has 53 heavy (non-hydrogen) atoms. The summed E-state index contributed by atoms with van der Waals surface area (Å²) in [5, 5.41) is 7.40. The Morgan fingerprint density at radius 1 is 0.868 bits per heavy atom. The molecule has 0 bridgehead atoms. The number of hydrogen-bond donors (Lipinski definition) is 5. The molecular weight excluding hydrogens is 685 g/mol. The van der Waals surface area contributed by atoms with Gasteiger partial charge in [0.1, 0.15) is 0 Å². The van der Waals surface area contributed by atoms with Crippen molar-refractivity contribution in [1.29, 1.82) is 0 Å². The fourth-order valence-electron chi connectivity index (χ4n) is 5.96. The summed E-state index contributed by atoms with van der Waals surface area (Å²) in [6.07, 6.45) is 11.6. The van der Waals surface area contributed by atoms with E-state index in [4.69, 9.17) is 10.5 Å². The molecule has 1 fully saturated rings. The van der Waals surface area contributed by atoms with Gasteiger partial charge in [0.05, 0.1) is 21.3 Å².